The third-order valence-corrected chi connectivity index (χ3v) is 2.65. The zero-order valence-electron chi connectivity index (χ0n) is 11.7. The molecule has 114 valence electrons. The topological polar surface area (TPSA) is 107 Å². The third kappa shape index (κ3) is 4.00. The lowest BCUT2D eigenvalue weighted by molar-refractivity contribution is -0.384. The van der Waals surface area contributed by atoms with Gasteiger partial charge in [0.15, 0.2) is 0 Å². The molecular weight excluding hydrogens is 290 g/mol. The van der Waals surface area contributed by atoms with Crippen molar-refractivity contribution < 1.29 is 18.9 Å². The molecular formula is C14H13N3O5. The highest BCUT2D eigenvalue weighted by Gasteiger charge is 2.07. The number of amides is 1. The molecule has 0 saturated carbocycles. The van der Waals surface area contributed by atoms with Crippen molar-refractivity contribution in [3.63, 3.8) is 0 Å². The van der Waals surface area contributed by atoms with Crippen molar-refractivity contribution in [1.82, 2.24) is 5.43 Å². The molecule has 1 N–H and O–H groups in total. The van der Waals surface area contributed by atoms with Gasteiger partial charge in [0.05, 0.1) is 11.1 Å². The molecule has 0 saturated heterocycles. The van der Waals surface area contributed by atoms with Crippen molar-refractivity contribution >= 4 is 17.8 Å². The van der Waals surface area contributed by atoms with Crippen molar-refractivity contribution in [2.75, 3.05) is 13.7 Å². The van der Waals surface area contributed by atoms with Crippen LogP contribution in [0.1, 0.15) is 5.76 Å². The number of hydrogen-bond donors (Lipinski definition) is 1. The van der Waals surface area contributed by atoms with Gasteiger partial charge in [0, 0.05) is 24.8 Å². The average Bonchev–Trinajstić information content (AvgIpc) is 2.96. The Bertz CT molecular complexity index is 691. The number of hydrazone groups is 1. The second kappa shape index (κ2) is 7.14. The summed E-state index contributed by atoms with van der Waals surface area (Å²) in [5.74, 6) is 0.603. The Morgan fingerprint density at radius 3 is 2.73 bits per heavy atom. The minimum Gasteiger partial charge on any atom is -0.455 e. The van der Waals surface area contributed by atoms with E-state index in [-0.39, 0.29) is 18.2 Å². The van der Waals surface area contributed by atoms with Crippen LogP contribution >= 0.6 is 0 Å². The molecule has 2 rings (SSSR count). The fraction of sp³-hybridized carbons (Fsp3) is 0.143. The second-order valence-electron chi connectivity index (χ2n) is 4.23. The van der Waals surface area contributed by atoms with Gasteiger partial charge in [-0.15, -0.1) is 0 Å². The van der Waals surface area contributed by atoms with Crippen LogP contribution in [0, 0.1) is 10.1 Å². The Morgan fingerprint density at radius 2 is 2.09 bits per heavy atom. The molecule has 1 aromatic carbocycles. The molecule has 1 aromatic heterocycles. The van der Waals surface area contributed by atoms with Crippen LogP contribution in [0.2, 0.25) is 0 Å². The van der Waals surface area contributed by atoms with E-state index in [4.69, 9.17) is 4.42 Å². The van der Waals surface area contributed by atoms with Crippen LogP contribution in [0.15, 0.2) is 45.9 Å². The van der Waals surface area contributed by atoms with Crippen LogP contribution in [0.5, 0.6) is 0 Å². The van der Waals surface area contributed by atoms with E-state index in [9.17, 15) is 14.9 Å². The number of non-ortho nitro benzene ring substituents is 1. The molecule has 22 heavy (non-hydrogen) atoms. The third-order valence-electron chi connectivity index (χ3n) is 2.65. The molecule has 8 heteroatoms. The van der Waals surface area contributed by atoms with Gasteiger partial charge in [-0.3, -0.25) is 14.9 Å². The summed E-state index contributed by atoms with van der Waals surface area (Å²) in [6, 6.07) is 9.37. The van der Waals surface area contributed by atoms with Crippen molar-refractivity contribution in [1.29, 1.82) is 0 Å². The summed E-state index contributed by atoms with van der Waals surface area (Å²) in [6.45, 7) is -0.0798. The van der Waals surface area contributed by atoms with Gasteiger partial charge in [0.1, 0.15) is 18.1 Å². The van der Waals surface area contributed by atoms with E-state index in [1.54, 1.807) is 24.3 Å². The zero-order chi connectivity index (χ0) is 15.9. The fourth-order valence-corrected chi connectivity index (χ4v) is 1.66. The Hall–Kier alpha value is -3.00. The molecule has 0 unspecified atom stereocenters. The van der Waals surface area contributed by atoms with Gasteiger partial charge in [0.25, 0.3) is 11.6 Å². The molecule has 0 bridgehead atoms. The number of nitro groups is 1. The van der Waals surface area contributed by atoms with Crippen LogP contribution in [0.25, 0.3) is 11.3 Å². The largest absolute Gasteiger partial charge is 0.455 e. The number of nitrogens with zero attached hydrogens (tertiary/aromatic N) is 2. The highest BCUT2D eigenvalue weighted by Crippen LogP contribution is 2.23. The number of rotatable bonds is 6. The lowest BCUT2D eigenvalue weighted by atomic mass is 10.1. The van der Waals surface area contributed by atoms with Crippen LogP contribution in [0.4, 0.5) is 5.69 Å². The first kappa shape index (κ1) is 15.4. The molecule has 8 nitrogen and oxygen atoms in total. The quantitative estimate of drug-likeness (QED) is 0.498. The number of carbonyl (C=O) groups is 1. The van der Waals surface area contributed by atoms with Crippen LogP contribution in [0.3, 0.4) is 0 Å². The number of ether oxygens (including phenoxy) is 1. The maximum absolute atomic E-state index is 11.1. The molecule has 0 aliphatic heterocycles. The zero-order valence-corrected chi connectivity index (χ0v) is 11.7. The molecule has 0 fully saturated rings. The molecule has 1 heterocycles. The van der Waals surface area contributed by atoms with Crippen molar-refractivity contribution in [3.05, 3.63) is 52.3 Å². The van der Waals surface area contributed by atoms with E-state index in [1.807, 2.05) is 0 Å². The van der Waals surface area contributed by atoms with Gasteiger partial charge in [-0.1, -0.05) is 0 Å². The van der Waals surface area contributed by atoms with E-state index in [2.05, 4.69) is 15.3 Å². The summed E-state index contributed by atoms with van der Waals surface area (Å²) < 4.78 is 10.1. The molecule has 0 atom stereocenters. The van der Waals surface area contributed by atoms with Gasteiger partial charge in [-0.05, 0) is 24.3 Å². The lowest BCUT2D eigenvalue weighted by Crippen LogP contribution is -2.22. The van der Waals surface area contributed by atoms with Crippen molar-refractivity contribution in [3.8, 4) is 11.3 Å². The predicted octanol–water partition coefficient (Wildman–Crippen LogP) is 1.95. The maximum Gasteiger partial charge on any atom is 0.269 e. The summed E-state index contributed by atoms with van der Waals surface area (Å²) in [5.41, 5.74) is 2.99. The number of carbonyl (C=O) groups excluding carboxylic acids is 1. The van der Waals surface area contributed by atoms with Crippen molar-refractivity contribution in [2.45, 2.75) is 0 Å². The molecule has 0 aliphatic rings. The van der Waals surface area contributed by atoms with E-state index in [0.29, 0.717) is 17.1 Å². The number of methoxy groups -OCH3 is 1. The summed E-state index contributed by atoms with van der Waals surface area (Å²) in [5, 5.41) is 14.3. The van der Waals surface area contributed by atoms with E-state index in [1.165, 1.54) is 25.5 Å². The number of furan rings is 1. The van der Waals surface area contributed by atoms with Gasteiger partial charge in [-0.2, -0.15) is 5.10 Å². The lowest BCUT2D eigenvalue weighted by Gasteiger charge is -1.97. The first-order chi connectivity index (χ1) is 10.6. The Morgan fingerprint density at radius 1 is 1.36 bits per heavy atom. The first-order valence-electron chi connectivity index (χ1n) is 6.25. The number of benzene rings is 1. The first-order valence-corrected chi connectivity index (χ1v) is 6.25. The fourth-order valence-electron chi connectivity index (χ4n) is 1.66. The van der Waals surface area contributed by atoms with Crippen LogP contribution in [-0.2, 0) is 9.53 Å². The number of nitro benzene ring substituents is 1. The highest BCUT2D eigenvalue weighted by atomic mass is 16.6. The number of nitrogens with one attached hydrogen (secondary N) is 1. The van der Waals surface area contributed by atoms with Crippen molar-refractivity contribution in [2.24, 2.45) is 5.10 Å². The molecule has 2 aromatic rings. The summed E-state index contributed by atoms with van der Waals surface area (Å²) in [7, 11) is 1.41. The minimum absolute atomic E-state index is 0.0120. The predicted molar refractivity (Wildman–Crippen MR) is 78.4 cm³/mol. The molecule has 0 aliphatic carbocycles. The van der Waals surface area contributed by atoms with Crippen LogP contribution < -0.4 is 5.43 Å². The summed E-state index contributed by atoms with van der Waals surface area (Å²) >= 11 is 0. The molecule has 1 amide bonds. The highest BCUT2D eigenvalue weighted by molar-refractivity contribution is 5.81. The van der Waals surface area contributed by atoms with Gasteiger partial charge >= 0.3 is 0 Å². The summed E-state index contributed by atoms with van der Waals surface area (Å²) in [4.78, 5) is 21.2. The average molecular weight is 303 g/mol. The van der Waals surface area contributed by atoms with E-state index in [0.717, 1.165) is 0 Å². The monoisotopic (exact) mass is 303 g/mol. The standard InChI is InChI=1S/C14H13N3O5/c1-21-9-14(18)16-15-8-12-6-7-13(22-12)10-2-4-11(5-3-10)17(19)20/h2-8H,9H2,1H3,(H,16,18). The van der Waals surface area contributed by atoms with Gasteiger partial charge in [0.2, 0.25) is 0 Å². The molecule has 0 radical (unpaired) electrons. The van der Waals surface area contributed by atoms with E-state index >= 15 is 0 Å². The Kier molecular flexibility index (Phi) is 4.99. The smallest absolute Gasteiger partial charge is 0.269 e. The normalized spacial score (nSPS) is 10.8. The summed E-state index contributed by atoms with van der Waals surface area (Å²) in [6.07, 6.45) is 1.35. The maximum atomic E-state index is 11.1. The SMILES string of the molecule is COCC(=O)NN=Cc1ccc(-c2ccc([N+](=O)[O-])cc2)o1. The van der Waals surface area contributed by atoms with Gasteiger partial charge in [-0.25, -0.2) is 5.43 Å². The van der Waals surface area contributed by atoms with Gasteiger partial charge < -0.3 is 9.15 Å². The Labute approximate surface area is 125 Å². The minimum atomic E-state index is -0.466. The Balaban J connectivity index is 2.03. The van der Waals surface area contributed by atoms with Crippen LogP contribution in [-0.4, -0.2) is 30.8 Å². The molecule has 0 spiro atoms. The number of hydrogen-bond acceptors (Lipinski definition) is 6. The second-order valence-corrected chi connectivity index (χ2v) is 4.23. The van der Waals surface area contributed by atoms with E-state index < -0.39 is 4.92 Å².